The van der Waals surface area contributed by atoms with Crippen molar-refractivity contribution in [3.63, 3.8) is 0 Å². The van der Waals surface area contributed by atoms with Crippen LogP contribution in [0.5, 0.6) is 0 Å². The fourth-order valence-corrected chi connectivity index (χ4v) is 4.26. The van der Waals surface area contributed by atoms with Crippen molar-refractivity contribution in [1.29, 1.82) is 0 Å². The predicted octanol–water partition coefficient (Wildman–Crippen LogP) is 2.43. The third kappa shape index (κ3) is 3.73. The van der Waals surface area contributed by atoms with Crippen LogP contribution in [0, 0.1) is 0 Å². The molecular formula is C17H21N3O3S. The average molecular weight is 347 g/mol. The molecule has 1 saturated carbocycles. The molecule has 1 aromatic carbocycles. The van der Waals surface area contributed by atoms with Crippen LogP contribution in [0.25, 0.3) is 10.9 Å². The number of aromatic nitrogens is 1. The molecule has 0 atom stereocenters. The number of nitrogens with zero attached hydrogens (tertiary/aromatic N) is 1. The molecule has 6 nitrogen and oxygen atoms in total. The largest absolute Gasteiger partial charge is 0.309 e. The van der Waals surface area contributed by atoms with Crippen molar-refractivity contribution in [2.75, 3.05) is 11.6 Å². The van der Waals surface area contributed by atoms with E-state index in [2.05, 4.69) is 15.0 Å². The highest BCUT2D eigenvalue weighted by Gasteiger charge is 2.41. The van der Waals surface area contributed by atoms with Gasteiger partial charge in [0.1, 0.15) is 11.4 Å². The van der Waals surface area contributed by atoms with Gasteiger partial charge in [-0.25, -0.2) is 13.4 Å². The van der Waals surface area contributed by atoms with Gasteiger partial charge >= 0.3 is 0 Å². The van der Waals surface area contributed by atoms with E-state index in [4.69, 9.17) is 0 Å². The Balaban J connectivity index is 1.86. The quantitative estimate of drug-likeness (QED) is 0.889. The second-order valence-corrected chi connectivity index (χ2v) is 8.11. The maximum Gasteiger partial charge on any atom is 0.246 e. The molecule has 1 aliphatic carbocycles. The third-order valence-corrected chi connectivity index (χ3v) is 5.12. The lowest BCUT2D eigenvalue weighted by Gasteiger charge is -2.35. The van der Waals surface area contributed by atoms with Gasteiger partial charge in [-0.05, 0) is 31.0 Å². The number of pyridine rings is 1. The van der Waals surface area contributed by atoms with Crippen molar-refractivity contribution in [2.45, 2.75) is 37.6 Å². The molecular weight excluding hydrogens is 326 g/mol. The Morgan fingerprint density at radius 3 is 2.50 bits per heavy atom. The molecule has 0 aliphatic heterocycles. The van der Waals surface area contributed by atoms with E-state index in [1.807, 2.05) is 30.3 Å². The number of rotatable bonds is 4. The zero-order chi connectivity index (χ0) is 17.2. The van der Waals surface area contributed by atoms with Gasteiger partial charge in [0.2, 0.25) is 15.9 Å². The second-order valence-electron chi connectivity index (χ2n) is 6.36. The first-order chi connectivity index (χ1) is 11.4. The van der Waals surface area contributed by atoms with Gasteiger partial charge < -0.3 is 5.32 Å². The molecule has 128 valence electrons. The van der Waals surface area contributed by atoms with Crippen LogP contribution in [0.3, 0.4) is 0 Å². The number of carbonyl (C=O) groups is 1. The molecule has 1 aromatic heterocycles. The summed E-state index contributed by atoms with van der Waals surface area (Å²) in [6.07, 6.45) is 4.74. The highest BCUT2D eigenvalue weighted by Crippen LogP contribution is 2.30. The third-order valence-electron chi connectivity index (χ3n) is 4.36. The lowest BCUT2D eigenvalue weighted by Crippen LogP contribution is -2.57. The van der Waals surface area contributed by atoms with Gasteiger partial charge in [0.25, 0.3) is 0 Å². The summed E-state index contributed by atoms with van der Waals surface area (Å²) in [7, 11) is -3.49. The fourth-order valence-electron chi connectivity index (χ4n) is 3.26. The van der Waals surface area contributed by atoms with Gasteiger partial charge in [0, 0.05) is 5.39 Å². The van der Waals surface area contributed by atoms with Crippen molar-refractivity contribution in [3.05, 3.63) is 36.4 Å². The molecule has 0 bridgehead atoms. The van der Waals surface area contributed by atoms with E-state index in [1.165, 1.54) is 0 Å². The van der Waals surface area contributed by atoms with E-state index in [0.29, 0.717) is 18.7 Å². The van der Waals surface area contributed by atoms with E-state index < -0.39 is 15.6 Å². The van der Waals surface area contributed by atoms with E-state index in [1.54, 1.807) is 6.07 Å². The van der Waals surface area contributed by atoms with Crippen molar-refractivity contribution >= 4 is 32.7 Å². The number of nitrogens with one attached hydrogen (secondary N) is 2. The molecule has 2 aromatic rings. The minimum absolute atomic E-state index is 0.338. The Kier molecular flexibility index (Phi) is 4.56. The number of para-hydroxylation sites is 1. The molecule has 3 rings (SSSR count). The number of benzene rings is 1. The van der Waals surface area contributed by atoms with Gasteiger partial charge in [0.05, 0.1) is 11.8 Å². The molecule has 24 heavy (non-hydrogen) atoms. The molecule has 0 unspecified atom stereocenters. The smallest absolute Gasteiger partial charge is 0.246 e. The maximum atomic E-state index is 12.8. The van der Waals surface area contributed by atoms with Crippen LogP contribution in [-0.4, -0.2) is 31.1 Å². The predicted molar refractivity (Wildman–Crippen MR) is 94.2 cm³/mol. The molecule has 2 N–H and O–H groups in total. The van der Waals surface area contributed by atoms with E-state index in [-0.39, 0.29) is 5.91 Å². The molecule has 0 saturated heterocycles. The molecule has 1 fully saturated rings. The van der Waals surface area contributed by atoms with Crippen molar-refractivity contribution in [3.8, 4) is 0 Å². The summed E-state index contributed by atoms with van der Waals surface area (Å²) in [5.74, 6) is 0.0920. The highest BCUT2D eigenvalue weighted by atomic mass is 32.2. The first kappa shape index (κ1) is 16.9. The summed E-state index contributed by atoms with van der Waals surface area (Å²) < 4.78 is 26.0. The van der Waals surface area contributed by atoms with Gasteiger partial charge in [-0.3, -0.25) is 4.79 Å². The average Bonchev–Trinajstić information content (AvgIpc) is 2.54. The van der Waals surface area contributed by atoms with E-state index in [0.717, 1.165) is 36.4 Å². The normalized spacial score (nSPS) is 17.5. The molecule has 1 heterocycles. The summed E-state index contributed by atoms with van der Waals surface area (Å²) in [5.41, 5.74) is -0.303. The molecule has 7 heteroatoms. The number of sulfonamides is 1. The SMILES string of the molecule is CS(=O)(=O)NC1(C(=O)Nc2ccc3ccccc3n2)CCCCC1. The van der Waals surface area contributed by atoms with Gasteiger partial charge in [-0.2, -0.15) is 4.72 Å². The van der Waals surface area contributed by atoms with Gasteiger partial charge in [-0.15, -0.1) is 0 Å². The summed E-state index contributed by atoms with van der Waals surface area (Å²) in [5, 5.41) is 3.77. The van der Waals surface area contributed by atoms with E-state index in [9.17, 15) is 13.2 Å². The minimum Gasteiger partial charge on any atom is -0.309 e. The second kappa shape index (κ2) is 6.49. The fraction of sp³-hybridized carbons (Fsp3) is 0.412. The van der Waals surface area contributed by atoms with Crippen molar-refractivity contribution in [2.24, 2.45) is 0 Å². The Morgan fingerprint density at radius 1 is 1.08 bits per heavy atom. The number of anilines is 1. The lowest BCUT2D eigenvalue weighted by atomic mass is 9.82. The monoisotopic (exact) mass is 347 g/mol. The summed E-state index contributed by atoms with van der Waals surface area (Å²) in [6, 6.07) is 11.2. The Bertz CT molecular complexity index is 858. The van der Waals surface area contributed by atoms with E-state index >= 15 is 0 Å². The Hall–Kier alpha value is -1.99. The number of amides is 1. The number of carbonyl (C=O) groups excluding carboxylic acids is 1. The summed E-state index contributed by atoms with van der Waals surface area (Å²) in [6.45, 7) is 0. The van der Waals surface area contributed by atoms with Crippen molar-refractivity contribution < 1.29 is 13.2 Å². The standard InChI is InChI=1S/C17H21N3O3S/c1-24(22,23)20-17(11-5-2-6-12-17)16(21)19-15-10-9-13-7-3-4-8-14(13)18-15/h3-4,7-10,20H,2,5-6,11-12H2,1H3,(H,18,19,21). The van der Waals surface area contributed by atoms with Crippen LogP contribution in [0.1, 0.15) is 32.1 Å². The minimum atomic E-state index is -3.49. The first-order valence-corrected chi connectivity index (χ1v) is 9.93. The van der Waals surface area contributed by atoms with Crippen LogP contribution in [0.15, 0.2) is 36.4 Å². The topological polar surface area (TPSA) is 88.2 Å². The molecule has 1 aliphatic rings. The Morgan fingerprint density at radius 2 is 1.79 bits per heavy atom. The van der Waals surface area contributed by atoms with Crippen molar-refractivity contribution in [1.82, 2.24) is 9.71 Å². The summed E-state index contributed by atoms with van der Waals surface area (Å²) >= 11 is 0. The zero-order valence-corrected chi connectivity index (χ0v) is 14.4. The van der Waals surface area contributed by atoms with Gasteiger partial charge in [-0.1, -0.05) is 37.5 Å². The van der Waals surface area contributed by atoms with Crippen LogP contribution in [-0.2, 0) is 14.8 Å². The van der Waals surface area contributed by atoms with Crippen LogP contribution in [0.4, 0.5) is 5.82 Å². The van der Waals surface area contributed by atoms with Crippen LogP contribution in [0.2, 0.25) is 0 Å². The lowest BCUT2D eigenvalue weighted by molar-refractivity contribution is -0.122. The molecule has 0 spiro atoms. The Labute approximate surface area is 141 Å². The summed E-state index contributed by atoms with van der Waals surface area (Å²) in [4.78, 5) is 17.3. The molecule has 0 radical (unpaired) electrons. The number of fused-ring (bicyclic) bond motifs is 1. The zero-order valence-electron chi connectivity index (χ0n) is 13.6. The van der Waals surface area contributed by atoms with Gasteiger partial charge in [0.15, 0.2) is 0 Å². The first-order valence-electron chi connectivity index (χ1n) is 8.04. The number of hydrogen-bond acceptors (Lipinski definition) is 4. The van der Waals surface area contributed by atoms with Crippen LogP contribution >= 0.6 is 0 Å². The highest BCUT2D eigenvalue weighted by molar-refractivity contribution is 7.88. The van der Waals surface area contributed by atoms with Crippen LogP contribution < -0.4 is 10.0 Å². The number of hydrogen-bond donors (Lipinski definition) is 2. The molecule has 1 amide bonds. The maximum absolute atomic E-state index is 12.8.